The fraction of sp³-hybridized carbons (Fsp3) is 0.692. The molecule has 2 heterocycles. The van der Waals surface area contributed by atoms with Crippen LogP contribution >= 0.6 is 0 Å². The molecule has 1 atom stereocenters. The Bertz CT molecular complexity index is 427. The molecule has 2 N–H and O–H groups in total. The summed E-state index contributed by atoms with van der Waals surface area (Å²) in [7, 11) is 1.78. The second kappa shape index (κ2) is 5.42. The third-order valence-corrected chi connectivity index (χ3v) is 3.77. The van der Waals surface area contributed by atoms with E-state index in [-0.39, 0.29) is 5.91 Å². The lowest BCUT2D eigenvalue weighted by molar-refractivity contribution is 0.0754. The lowest BCUT2D eigenvalue weighted by Crippen LogP contribution is -2.32. The van der Waals surface area contributed by atoms with Crippen molar-refractivity contribution in [2.24, 2.45) is 13.0 Å². The average Bonchev–Trinajstić information content (AvgIpc) is 2.56. The van der Waals surface area contributed by atoms with E-state index in [9.17, 15) is 4.79 Å². The monoisotopic (exact) mass is 250 g/mol. The van der Waals surface area contributed by atoms with Gasteiger partial charge in [-0.15, -0.1) is 0 Å². The fourth-order valence-electron chi connectivity index (χ4n) is 2.60. The number of rotatable bonds is 2. The number of carbonyl (C=O) groups excluding carboxylic acids is 1. The van der Waals surface area contributed by atoms with Crippen molar-refractivity contribution in [1.29, 1.82) is 0 Å². The molecule has 1 saturated heterocycles. The quantitative estimate of drug-likeness (QED) is 0.868. The number of carbonyl (C=O) groups is 1. The second-order valence-electron chi connectivity index (χ2n) is 5.10. The zero-order chi connectivity index (χ0) is 13.1. The minimum atomic E-state index is -0.0233. The Kier molecular flexibility index (Phi) is 3.89. The van der Waals surface area contributed by atoms with Crippen LogP contribution < -0.4 is 5.73 Å². The maximum absolute atomic E-state index is 12.4. The van der Waals surface area contributed by atoms with Gasteiger partial charge in [-0.2, -0.15) is 5.10 Å². The van der Waals surface area contributed by atoms with E-state index in [0.717, 1.165) is 31.8 Å². The summed E-state index contributed by atoms with van der Waals surface area (Å²) >= 11 is 0. The highest BCUT2D eigenvalue weighted by molar-refractivity contribution is 5.97. The summed E-state index contributed by atoms with van der Waals surface area (Å²) in [5.41, 5.74) is 6.68. The van der Waals surface area contributed by atoms with Crippen LogP contribution in [0, 0.1) is 5.92 Å². The number of hydrogen-bond donors (Lipinski definition) is 1. The van der Waals surface area contributed by atoms with Crippen molar-refractivity contribution >= 4 is 11.6 Å². The number of nitrogens with two attached hydrogens (primary N) is 1. The van der Waals surface area contributed by atoms with Crippen molar-refractivity contribution in [3.63, 3.8) is 0 Å². The van der Waals surface area contributed by atoms with Gasteiger partial charge in [-0.1, -0.05) is 13.3 Å². The van der Waals surface area contributed by atoms with E-state index in [1.807, 2.05) is 4.90 Å². The zero-order valence-electron chi connectivity index (χ0n) is 11.2. The van der Waals surface area contributed by atoms with Crippen molar-refractivity contribution < 1.29 is 4.79 Å². The van der Waals surface area contributed by atoms with Crippen LogP contribution in [0.5, 0.6) is 0 Å². The van der Waals surface area contributed by atoms with Crippen molar-refractivity contribution in [1.82, 2.24) is 14.7 Å². The molecule has 5 heteroatoms. The van der Waals surface area contributed by atoms with Gasteiger partial charge in [0.25, 0.3) is 5.91 Å². The molecule has 5 nitrogen and oxygen atoms in total. The van der Waals surface area contributed by atoms with E-state index in [2.05, 4.69) is 12.0 Å². The number of amides is 1. The van der Waals surface area contributed by atoms with E-state index in [1.165, 1.54) is 12.8 Å². The van der Waals surface area contributed by atoms with Gasteiger partial charge >= 0.3 is 0 Å². The first-order valence-electron chi connectivity index (χ1n) is 6.70. The van der Waals surface area contributed by atoms with Crippen molar-refractivity contribution in [2.45, 2.75) is 32.6 Å². The van der Waals surface area contributed by atoms with Gasteiger partial charge in [0.2, 0.25) is 0 Å². The van der Waals surface area contributed by atoms with Crippen LogP contribution in [-0.4, -0.2) is 33.7 Å². The molecule has 1 unspecified atom stereocenters. The first-order valence-corrected chi connectivity index (χ1v) is 6.70. The van der Waals surface area contributed by atoms with E-state index < -0.39 is 0 Å². The SMILES string of the molecule is CCC1CCCN(C(=O)c2nn(C)cc2N)CC1. The summed E-state index contributed by atoms with van der Waals surface area (Å²) in [5, 5.41) is 4.16. The van der Waals surface area contributed by atoms with Gasteiger partial charge in [0.15, 0.2) is 5.69 Å². The van der Waals surface area contributed by atoms with E-state index in [4.69, 9.17) is 5.73 Å². The zero-order valence-corrected chi connectivity index (χ0v) is 11.2. The molecule has 1 amide bonds. The number of anilines is 1. The van der Waals surface area contributed by atoms with Crippen LogP contribution in [-0.2, 0) is 7.05 Å². The van der Waals surface area contributed by atoms with Gasteiger partial charge < -0.3 is 10.6 Å². The van der Waals surface area contributed by atoms with Gasteiger partial charge in [-0.05, 0) is 25.2 Å². The normalized spacial score (nSPS) is 20.8. The molecule has 100 valence electrons. The number of aromatic nitrogens is 2. The minimum Gasteiger partial charge on any atom is -0.396 e. The van der Waals surface area contributed by atoms with Crippen LogP contribution in [0.2, 0.25) is 0 Å². The number of nitrogen functional groups attached to an aromatic ring is 1. The predicted molar refractivity (Wildman–Crippen MR) is 71.2 cm³/mol. The average molecular weight is 250 g/mol. The Morgan fingerprint density at radius 3 is 2.89 bits per heavy atom. The predicted octanol–water partition coefficient (Wildman–Crippen LogP) is 1.65. The molecule has 0 bridgehead atoms. The summed E-state index contributed by atoms with van der Waals surface area (Å²) < 4.78 is 1.59. The number of nitrogens with zero attached hydrogens (tertiary/aromatic N) is 3. The van der Waals surface area contributed by atoms with E-state index in [1.54, 1.807) is 17.9 Å². The van der Waals surface area contributed by atoms with Gasteiger partial charge in [0.05, 0.1) is 5.69 Å². The first-order chi connectivity index (χ1) is 8.61. The summed E-state index contributed by atoms with van der Waals surface area (Å²) in [6, 6.07) is 0. The van der Waals surface area contributed by atoms with Crippen molar-refractivity contribution in [3.05, 3.63) is 11.9 Å². The maximum atomic E-state index is 12.4. The minimum absolute atomic E-state index is 0.0233. The van der Waals surface area contributed by atoms with E-state index >= 15 is 0 Å². The molecule has 18 heavy (non-hydrogen) atoms. The highest BCUT2D eigenvalue weighted by Crippen LogP contribution is 2.22. The van der Waals surface area contributed by atoms with Crippen LogP contribution in [0.1, 0.15) is 43.1 Å². The van der Waals surface area contributed by atoms with Crippen molar-refractivity contribution in [3.8, 4) is 0 Å². The molecule has 1 aromatic rings. The number of likely N-dealkylation sites (tertiary alicyclic amines) is 1. The molecule has 1 aromatic heterocycles. The molecule has 0 aliphatic carbocycles. The molecule has 2 rings (SSSR count). The third kappa shape index (κ3) is 2.66. The number of aryl methyl sites for hydroxylation is 1. The fourth-order valence-corrected chi connectivity index (χ4v) is 2.60. The first kappa shape index (κ1) is 12.9. The molecule has 0 aromatic carbocycles. The van der Waals surface area contributed by atoms with Crippen LogP contribution in [0.4, 0.5) is 5.69 Å². The van der Waals surface area contributed by atoms with Gasteiger partial charge in [0, 0.05) is 26.3 Å². The van der Waals surface area contributed by atoms with Crippen LogP contribution in [0.25, 0.3) is 0 Å². The largest absolute Gasteiger partial charge is 0.396 e. The second-order valence-corrected chi connectivity index (χ2v) is 5.10. The summed E-state index contributed by atoms with van der Waals surface area (Å²) in [5.74, 6) is 0.730. The Balaban J connectivity index is 2.07. The van der Waals surface area contributed by atoms with Gasteiger partial charge in [-0.25, -0.2) is 0 Å². The summed E-state index contributed by atoms with van der Waals surface area (Å²) in [4.78, 5) is 14.2. The summed E-state index contributed by atoms with van der Waals surface area (Å²) in [6.07, 6.45) is 6.28. The molecular formula is C13H22N4O. The molecule has 0 radical (unpaired) electrons. The molecule has 1 aliphatic rings. The van der Waals surface area contributed by atoms with Crippen molar-refractivity contribution in [2.75, 3.05) is 18.8 Å². The standard InChI is InChI=1S/C13H22N4O/c1-3-10-5-4-7-17(8-6-10)13(18)12-11(14)9-16(2)15-12/h9-10H,3-8,14H2,1-2H3. The molecular weight excluding hydrogens is 228 g/mol. The lowest BCUT2D eigenvalue weighted by atomic mass is 9.98. The highest BCUT2D eigenvalue weighted by Gasteiger charge is 2.24. The smallest absolute Gasteiger partial charge is 0.276 e. The van der Waals surface area contributed by atoms with Gasteiger partial charge in [-0.3, -0.25) is 9.48 Å². The molecule has 1 fully saturated rings. The third-order valence-electron chi connectivity index (χ3n) is 3.77. The molecule has 1 aliphatic heterocycles. The Labute approximate surface area is 108 Å². The maximum Gasteiger partial charge on any atom is 0.276 e. The van der Waals surface area contributed by atoms with Gasteiger partial charge in [0.1, 0.15) is 0 Å². The van der Waals surface area contributed by atoms with Crippen LogP contribution in [0.3, 0.4) is 0 Å². The summed E-state index contributed by atoms with van der Waals surface area (Å²) in [6.45, 7) is 3.87. The van der Waals surface area contributed by atoms with E-state index in [0.29, 0.717) is 11.4 Å². The lowest BCUT2D eigenvalue weighted by Gasteiger charge is -2.19. The topological polar surface area (TPSA) is 64.2 Å². The van der Waals surface area contributed by atoms with Crippen LogP contribution in [0.15, 0.2) is 6.20 Å². The Morgan fingerprint density at radius 1 is 1.50 bits per heavy atom. The molecule has 0 spiro atoms. The Hall–Kier alpha value is -1.52. The number of hydrogen-bond acceptors (Lipinski definition) is 3. The molecule has 0 saturated carbocycles. The highest BCUT2D eigenvalue weighted by atomic mass is 16.2. The Morgan fingerprint density at radius 2 is 2.28 bits per heavy atom.